The molecule has 2 heterocycles. The van der Waals surface area contributed by atoms with Crippen LogP contribution in [0.1, 0.15) is 36.9 Å². The molecule has 26 heavy (non-hydrogen) atoms. The molecule has 1 aromatic heterocycles. The first-order valence-corrected chi connectivity index (χ1v) is 8.15. The summed E-state index contributed by atoms with van der Waals surface area (Å²) in [6, 6.07) is 13.6. The van der Waals surface area contributed by atoms with E-state index in [2.05, 4.69) is 4.98 Å². The Morgan fingerprint density at radius 2 is 1.58 bits per heavy atom. The van der Waals surface area contributed by atoms with Crippen LogP contribution in [0.3, 0.4) is 0 Å². The normalized spacial score (nSPS) is 13.2. The number of hydrogen-bond acceptors (Lipinski definition) is 4. The number of aromatic nitrogens is 2. The number of imide groups is 1. The SMILES string of the molecule is Cc1nccn1-c1ccc(C(=O)CN2C(=O)c3ccccc3C2=O)cc1. The number of hydrogen-bond donors (Lipinski definition) is 0. The number of amides is 2. The van der Waals surface area contributed by atoms with Crippen LogP contribution in [0.2, 0.25) is 0 Å². The summed E-state index contributed by atoms with van der Waals surface area (Å²) in [5, 5.41) is 0. The molecule has 0 atom stereocenters. The van der Waals surface area contributed by atoms with Crippen molar-refractivity contribution in [2.75, 3.05) is 6.54 Å². The molecule has 1 aliphatic rings. The monoisotopic (exact) mass is 345 g/mol. The molecule has 128 valence electrons. The first kappa shape index (κ1) is 16.0. The Morgan fingerprint density at radius 3 is 2.12 bits per heavy atom. The van der Waals surface area contributed by atoms with E-state index in [4.69, 9.17) is 0 Å². The lowest BCUT2D eigenvalue weighted by Crippen LogP contribution is -2.34. The first-order valence-electron chi connectivity index (χ1n) is 8.15. The molecule has 0 saturated carbocycles. The smallest absolute Gasteiger partial charge is 0.261 e. The zero-order chi connectivity index (χ0) is 18.3. The highest BCUT2D eigenvalue weighted by Crippen LogP contribution is 2.23. The Balaban J connectivity index is 1.53. The van der Waals surface area contributed by atoms with Crippen LogP contribution in [0, 0.1) is 6.92 Å². The molecule has 4 rings (SSSR count). The van der Waals surface area contributed by atoms with E-state index in [0.717, 1.165) is 16.4 Å². The number of ketones is 1. The van der Waals surface area contributed by atoms with Crippen LogP contribution in [-0.4, -0.2) is 38.6 Å². The van der Waals surface area contributed by atoms with Crippen molar-refractivity contribution < 1.29 is 14.4 Å². The molecular weight excluding hydrogens is 330 g/mol. The molecule has 0 aliphatic carbocycles. The lowest BCUT2D eigenvalue weighted by atomic mass is 10.1. The molecule has 2 aromatic carbocycles. The molecule has 0 bridgehead atoms. The highest BCUT2D eigenvalue weighted by Gasteiger charge is 2.36. The number of nitrogens with zero attached hydrogens (tertiary/aromatic N) is 3. The summed E-state index contributed by atoms with van der Waals surface area (Å²) in [6.07, 6.45) is 3.54. The second kappa shape index (κ2) is 6.07. The van der Waals surface area contributed by atoms with Crippen molar-refractivity contribution in [3.63, 3.8) is 0 Å². The van der Waals surface area contributed by atoms with Gasteiger partial charge < -0.3 is 4.57 Å². The van der Waals surface area contributed by atoms with Crippen LogP contribution in [-0.2, 0) is 0 Å². The lowest BCUT2D eigenvalue weighted by molar-refractivity contribution is 0.0624. The van der Waals surface area contributed by atoms with Gasteiger partial charge in [-0.15, -0.1) is 0 Å². The quantitative estimate of drug-likeness (QED) is 0.538. The predicted molar refractivity (Wildman–Crippen MR) is 94.4 cm³/mol. The van der Waals surface area contributed by atoms with E-state index in [-0.39, 0.29) is 12.3 Å². The van der Waals surface area contributed by atoms with Crippen LogP contribution >= 0.6 is 0 Å². The summed E-state index contributed by atoms with van der Waals surface area (Å²) in [5.41, 5.74) is 2.02. The molecule has 0 unspecified atom stereocenters. The fraction of sp³-hybridized carbons (Fsp3) is 0.100. The molecule has 6 nitrogen and oxygen atoms in total. The van der Waals surface area contributed by atoms with E-state index in [9.17, 15) is 14.4 Å². The first-order chi connectivity index (χ1) is 12.6. The van der Waals surface area contributed by atoms with Gasteiger partial charge in [-0.3, -0.25) is 19.3 Å². The number of aryl methyl sites for hydroxylation is 1. The van der Waals surface area contributed by atoms with E-state index in [1.165, 1.54) is 0 Å². The Labute approximate surface area is 149 Å². The largest absolute Gasteiger partial charge is 0.304 e. The van der Waals surface area contributed by atoms with Crippen LogP contribution in [0.5, 0.6) is 0 Å². The third kappa shape index (κ3) is 2.52. The Bertz CT molecular complexity index is 999. The van der Waals surface area contributed by atoms with E-state index in [0.29, 0.717) is 16.7 Å². The minimum absolute atomic E-state index is 0.268. The van der Waals surface area contributed by atoms with Gasteiger partial charge in [0, 0.05) is 23.6 Å². The van der Waals surface area contributed by atoms with Crippen molar-refractivity contribution in [2.45, 2.75) is 6.92 Å². The summed E-state index contributed by atoms with van der Waals surface area (Å²) in [7, 11) is 0. The molecule has 0 radical (unpaired) electrons. The van der Waals surface area contributed by atoms with Gasteiger partial charge in [0.05, 0.1) is 17.7 Å². The summed E-state index contributed by atoms with van der Waals surface area (Å²) < 4.78 is 1.90. The van der Waals surface area contributed by atoms with Crippen molar-refractivity contribution in [1.82, 2.24) is 14.5 Å². The summed E-state index contributed by atoms with van der Waals surface area (Å²) >= 11 is 0. The van der Waals surface area contributed by atoms with E-state index < -0.39 is 11.8 Å². The highest BCUT2D eigenvalue weighted by molar-refractivity contribution is 6.23. The molecule has 0 spiro atoms. The van der Waals surface area contributed by atoms with Crippen molar-refractivity contribution in [3.05, 3.63) is 83.4 Å². The number of benzene rings is 2. The molecule has 3 aromatic rings. The molecule has 2 amide bonds. The molecule has 6 heteroatoms. The molecule has 0 saturated heterocycles. The maximum Gasteiger partial charge on any atom is 0.261 e. The zero-order valence-electron chi connectivity index (χ0n) is 14.0. The van der Waals surface area contributed by atoms with E-state index >= 15 is 0 Å². The molecule has 0 fully saturated rings. The number of carbonyl (C=O) groups is 3. The van der Waals surface area contributed by atoms with Crippen molar-refractivity contribution in [3.8, 4) is 5.69 Å². The average molecular weight is 345 g/mol. The third-order valence-corrected chi connectivity index (χ3v) is 4.47. The van der Waals surface area contributed by atoms with Gasteiger partial charge in [0.1, 0.15) is 5.82 Å². The molecule has 1 aliphatic heterocycles. The van der Waals surface area contributed by atoms with Crippen molar-refractivity contribution in [2.24, 2.45) is 0 Å². The standard InChI is InChI=1S/C20H15N3O3/c1-13-21-10-11-22(13)15-8-6-14(7-9-15)18(24)12-23-19(25)16-4-2-3-5-17(16)20(23)26/h2-11H,12H2,1H3. The van der Waals surface area contributed by atoms with Gasteiger partial charge in [0.15, 0.2) is 5.78 Å². The zero-order valence-corrected chi connectivity index (χ0v) is 14.0. The average Bonchev–Trinajstić information content (AvgIpc) is 3.19. The number of imidazole rings is 1. The maximum absolute atomic E-state index is 12.5. The summed E-state index contributed by atoms with van der Waals surface area (Å²) in [4.78, 5) is 42.4. The Morgan fingerprint density at radius 1 is 0.962 bits per heavy atom. The van der Waals surface area contributed by atoms with Gasteiger partial charge >= 0.3 is 0 Å². The van der Waals surface area contributed by atoms with Gasteiger partial charge in [0.25, 0.3) is 11.8 Å². The van der Waals surface area contributed by atoms with Crippen molar-refractivity contribution in [1.29, 1.82) is 0 Å². The van der Waals surface area contributed by atoms with Crippen molar-refractivity contribution >= 4 is 17.6 Å². The van der Waals surface area contributed by atoms with Crippen LogP contribution in [0.4, 0.5) is 0 Å². The fourth-order valence-electron chi connectivity index (χ4n) is 3.08. The van der Waals surface area contributed by atoms with Crippen LogP contribution < -0.4 is 0 Å². The Kier molecular flexibility index (Phi) is 3.73. The van der Waals surface area contributed by atoms with Gasteiger partial charge in [-0.1, -0.05) is 12.1 Å². The second-order valence-electron chi connectivity index (χ2n) is 6.06. The number of fused-ring (bicyclic) bond motifs is 1. The number of carbonyl (C=O) groups excluding carboxylic acids is 3. The minimum Gasteiger partial charge on any atom is -0.304 e. The number of Topliss-reactive ketones (excluding diaryl/α,β-unsaturated/α-hetero) is 1. The third-order valence-electron chi connectivity index (χ3n) is 4.47. The van der Waals surface area contributed by atoms with Gasteiger partial charge in [-0.25, -0.2) is 4.98 Å². The van der Waals surface area contributed by atoms with Gasteiger partial charge in [-0.05, 0) is 43.3 Å². The van der Waals surface area contributed by atoms with Gasteiger partial charge in [-0.2, -0.15) is 0 Å². The van der Waals surface area contributed by atoms with E-state index in [1.807, 2.05) is 29.8 Å². The predicted octanol–water partition coefficient (Wildman–Crippen LogP) is 2.66. The summed E-state index contributed by atoms with van der Waals surface area (Å²) in [6.45, 7) is 1.62. The van der Waals surface area contributed by atoms with Gasteiger partial charge in [0.2, 0.25) is 0 Å². The van der Waals surface area contributed by atoms with Crippen LogP contribution in [0.25, 0.3) is 5.69 Å². The topological polar surface area (TPSA) is 72.3 Å². The van der Waals surface area contributed by atoms with Crippen LogP contribution in [0.15, 0.2) is 60.9 Å². The second-order valence-corrected chi connectivity index (χ2v) is 6.06. The Hall–Kier alpha value is -3.54. The molecular formula is C20H15N3O3. The lowest BCUT2D eigenvalue weighted by Gasteiger charge is -2.13. The summed E-state index contributed by atoms with van der Waals surface area (Å²) in [5.74, 6) is -0.294. The highest BCUT2D eigenvalue weighted by atomic mass is 16.2. The molecule has 0 N–H and O–H groups in total. The fourth-order valence-corrected chi connectivity index (χ4v) is 3.08. The maximum atomic E-state index is 12.5. The van der Waals surface area contributed by atoms with E-state index in [1.54, 1.807) is 42.6 Å². The minimum atomic E-state index is -0.426. The number of rotatable bonds is 4.